The summed E-state index contributed by atoms with van der Waals surface area (Å²) in [5.74, 6) is 0.593. The zero-order valence-electron chi connectivity index (χ0n) is 8.12. The Kier molecular flexibility index (Phi) is 2.52. The summed E-state index contributed by atoms with van der Waals surface area (Å²) in [5.41, 5.74) is 6.13. The molecule has 0 amide bonds. The lowest BCUT2D eigenvalue weighted by atomic mass is 9.85. The fraction of sp³-hybridized carbons (Fsp3) is 0.600. The molecule has 0 atom stereocenters. The van der Waals surface area contributed by atoms with Crippen LogP contribution in [0.2, 0.25) is 0 Å². The van der Waals surface area contributed by atoms with E-state index >= 15 is 0 Å². The van der Waals surface area contributed by atoms with Crippen LogP contribution in [-0.4, -0.2) is 9.97 Å². The molecule has 2 rings (SSSR count). The molecule has 0 unspecified atom stereocenters. The highest BCUT2D eigenvalue weighted by Gasteiger charge is 2.18. The smallest absolute Gasteiger partial charge is 0.255 e. The molecule has 1 heterocycles. The topological polar surface area (TPSA) is 71.8 Å². The first-order valence-corrected chi connectivity index (χ1v) is 5.12. The molecule has 1 aromatic heterocycles. The zero-order chi connectivity index (χ0) is 9.97. The summed E-state index contributed by atoms with van der Waals surface area (Å²) >= 11 is 0. The highest BCUT2D eigenvalue weighted by molar-refractivity contribution is 5.20. The molecule has 0 aromatic carbocycles. The van der Waals surface area contributed by atoms with Crippen molar-refractivity contribution in [2.75, 3.05) is 5.73 Å². The largest absolute Gasteiger partial charge is 0.369 e. The molecule has 0 aliphatic heterocycles. The number of nitrogens with two attached hydrogens (primary N) is 1. The average molecular weight is 193 g/mol. The van der Waals surface area contributed by atoms with Crippen molar-refractivity contribution >= 4 is 5.95 Å². The Morgan fingerprint density at radius 3 is 2.71 bits per heavy atom. The van der Waals surface area contributed by atoms with E-state index in [-0.39, 0.29) is 11.5 Å². The molecular formula is C10H15N3O. The Balaban J connectivity index is 2.26. The first kappa shape index (κ1) is 9.24. The van der Waals surface area contributed by atoms with Gasteiger partial charge in [0.05, 0.1) is 0 Å². The molecule has 1 aliphatic carbocycles. The lowest BCUT2D eigenvalue weighted by molar-refractivity contribution is 0.440. The summed E-state index contributed by atoms with van der Waals surface area (Å²) in [6.45, 7) is 0. The number of nitrogen functional groups attached to an aromatic ring is 1. The highest BCUT2D eigenvalue weighted by atomic mass is 16.1. The molecule has 4 heteroatoms. The van der Waals surface area contributed by atoms with E-state index in [0.29, 0.717) is 5.92 Å². The van der Waals surface area contributed by atoms with Crippen LogP contribution in [0.3, 0.4) is 0 Å². The van der Waals surface area contributed by atoms with E-state index in [0.717, 1.165) is 18.4 Å². The minimum Gasteiger partial charge on any atom is -0.369 e. The number of anilines is 1. The molecule has 1 aromatic rings. The maximum Gasteiger partial charge on any atom is 0.255 e. The van der Waals surface area contributed by atoms with Crippen LogP contribution in [-0.2, 0) is 0 Å². The Morgan fingerprint density at radius 1 is 1.36 bits per heavy atom. The lowest BCUT2D eigenvalue weighted by Crippen LogP contribution is -2.20. The third-order valence-electron chi connectivity index (χ3n) is 2.89. The summed E-state index contributed by atoms with van der Waals surface area (Å²) in [4.78, 5) is 18.0. The van der Waals surface area contributed by atoms with Gasteiger partial charge in [0.25, 0.3) is 5.56 Å². The number of rotatable bonds is 1. The van der Waals surface area contributed by atoms with Gasteiger partial charge in [0.15, 0.2) is 5.95 Å². The van der Waals surface area contributed by atoms with Gasteiger partial charge in [0.2, 0.25) is 0 Å². The van der Waals surface area contributed by atoms with E-state index in [1.54, 1.807) is 6.20 Å². The summed E-state index contributed by atoms with van der Waals surface area (Å²) in [6, 6.07) is 0. The van der Waals surface area contributed by atoms with Crippen LogP contribution >= 0.6 is 0 Å². The number of aromatic amines is 1. The molecular weight excluding hydrogens is 178 g/mol. The minimum atomic E-state index is -0.0654. The Labute approximate surface area is 82.6 Å². The highest BCUT2D eigenvalue weighted by Crippen LogP contribution is 2.30. The van der Waals surface area contributed by atoms with Gasteiger partial charge in [-0.25, -0.2) is 4.98 Å². The fourth-order valence-corrected chi connectivity index (χ4v) is 2.12. The van der Waals surface area contributed by atoms with Crippen LogP contribution in [0.5, 0.6) is 0 Å². The average Bonchev–Trinajstić information content (AvgIpc) is 2.19. The van der Waals surface area contributed by atoms with Crippen molar-refractivity contribution in [2.24, 2.45) is 0 Å². The van der Waals surface area contributed by atoms with Gasteiger partial charge < -0.3 is 5.73 Å². The second-order valence-electron chi connectivity index (χ2n) is 3.89. The molecule has 3 N–H and O–H groups in total. The van der Waals surface area contributed by atoms with Gasteiger partial charge in [-0.3, -0.25) is 9.78 Å². The monoisotopic (exact) mass is 193 g/mol. The van der Waals surface area contributed by atoms with E-state index in [4.69, 9.17) is 5.73 Å². The maximum absolute atomic E-state index is 11.6. The number of H-pyrrole nitrogens is 1. The van der Waals surface area contributed by atoms with Crippen molar-refractivity contribution in [3.05, 3.63) is 22.1 Å². The van der Waals surface area contributed by atoms with Crippen molar-refractivity contribution in [2.45, 2.75) is 38.0 Å². The predicted octanol–water partition coefficient (Wildman–Crippen LogP) is 1.40. The first-order chi connectivity index (χ1) is 6.77. The van der Waals surface area contributed by atoms with Crippen LogP contribution in [0.15, 0.2) is 11.0 Å². The summed E-state index contributed by atoms with van der Waals surface area (Å²) in [7, 11) is 0. The molecule has 14 heavy (non-hydrogen) atoms. The van der Waals surface area contributed by atoms with Crippen molar-refractivity contribution in [1.29, 1.82) is 0 Å². The van der Waals surface area contributed by atoms with E-state index in [2.05, 4.69) is 9.97 Å². The quantitative estimate of drug-likeness (QED) is 0.708. The van der Waals surface area contributed by atoms with Gasteiger partial charge >= 0.3 is 0 Å². The fourth-order valence-electron chi connectivity index (χ4n) is 2.12. The maximum atomic E-state index is 11.6. The van der Waals surface area contributed by atoms with Crippen LogP contribution in [0.25, 0.3) is 0 Å². The number of hydrogen-bond donors (Lipinski definition) is 2. The van der Waals surface area contributed by atoms with Crippen molar-refractivity contribution in [3.63, 3.8) is 0 Å². The second-order valence-corrected chi connectivity index (χ2v) is 3.89. The molecule has 0 bridgehead atoms. The third-order valence-corrected chi connectivity index (χ3v) is 2.89. The molecule has 0 saturated heterocycles. The van der Waals surface area contributed by atoms with E-state index in [9.17, 15) is 4.79 Å². The van der Waals surface area contributed by atoms with Gasteiger partial charge in [-0.15, -0.1) is 0 Å². The van der Waals surface area contributed by atoms with Gasteiger partial charge in [-0.05, 0) is 18.8 Å². The van der Waals surface area contributed by atoms with Crippen LogP contribution in [0, 0.1) is 0 Å². The molecule has 1 fully saturated rings. The summed E-state index contributed by atoms with van der Waals surface area (Å²) < 4.78 is 0. The van der Waals surface area contributed by atoms with Gasteiger partial charge in [-0.1, -0.05) is 19.3 Å². The molecule has 76 valence electrons. The van der Waals surface area contributed by atoms with Crippen molar-refractivity contribution < 1.29 is 0 Å². The summed E-state index contributed by atoms with van der Waals surface area (Å²) in [6.07, 6.45) is 7.56. The second kappa shape index (κ2) is 3.82. The van der Waals surface area contributed by atoms with Crippen molar-refractivity contribution in [1.82, 2.24) is 9.97 Å². The zero-order valence-corrected chi connectivity index (χ0v) is 8.12. The molecule has 1 aliphatic rings. The molecule has 4 nitrogen and oxygen atoms in total. The first-order valence-electron chi connectivity index (χ1n) is 5.12. The normalized spacial score (nSPS) is 18.3. The van der Waals surface area contributed by atoms with Gasteiger partial charge in [0, 0.05) is 11.8 Å². The van der Waals surface area contributed by atoms with Crippen LogP contribution < -0.4 is 11.3 Å². The SMILES string of the molecule is Nc1ncc(C2CCCCC2)c(=O)[nH]1. The van der Waals surface area contributed by atoms with Gasteiger partial charge in [-0.2, -0.15) is 0 Å². The molecule has 0 radical (unpaired) electrons. The third kappa shape index (κ3) is 1.78. The molecule has 0 spiro atoms. The minimum absolute atomic E-state index is 0.0654. The predicted molar refractivity (Wildman–Crippen MR) is 55.1 cm³/mol. The Morgan fingerprint density at radius 2 is 2.07 bits per heavy atom. The Bertz CT molecular complexity index is 366. The Hall–Kier alpha value is -1.32. The van der Waals surface area contributed by atoms with E-state index in [1.807, 2.05) is 0 Å². The molecule has 1 saturated carbocycles. The number of aromatic nitrogens is 2. The number of hydrogen-bond acceptors (Lipinski definition) is 3. The standard InChI is InChI=1S/C10H15N3O/c11-10-12-6-8(9(14)13-10)7-4-2-1-3-5-7/h6-7H,1-5H2,(H3,11,12,13,14). The number of nitrogens with zero attached hydrogens (tertiary/aromatic N) is 1. The van der Waals surface area contributed by atoms with E-state index < -0.39 is 0 Å². The van der Waals surface area contributed by atoms with Crippen LogP contribution in [0.1, 0.15) is 43.6 Å². The van der Waals surface area contributed by atoms with E-state index in [1.165, 1.54) is 19.3 Å². The van der Waals surface area contributed by atoms with Crippen LogP contribution in [0.4, 0.5) is 5.95 Å². The van der Waals surface area contributed by atoms with Gasteiger partial charge in [0.1, 0.15) is 0 Å². The number of nitrogens with one attached hydrogen (secondary N) is 1. The summed E-state index contributed by atoms with van der Waals surface area (Å²) in [5, 5.41) is 0. The lowest BCUT2D eigenvalue weighted by Gasteiger charge is -2.20. The van der Waals surface area contributed by atoms with Crippen molar-refractivity contribution in [3.8, 4) is 0 Å².